The molecule has 0 fully saturated rings. The van der Waals surface area contributed by atoms with Gasteiger partial charge in [-0.05, 0) is 35.1 Å². The number of aliphatic imine (C=N–C) groups is 1. The molecule has 2 aromatic heterocycles. The van der Waals surface area contributed by atoms with Gasteiger partial charge in [-0.2, -0.15) is 5.10 Å². The molecule has 0 saturated heterocycles. The highest BCUT2D eigenvalue weighted by Gasteiger charge is 2.06. The van der Waals surface area contributed by atoms with Gasteiger partial charge < -0.3 is 16.0 Å². The van der Waals surface area contributed by atoms with Crippen molar-refractivity contribution in [1.82, 2.24) is 25.7 Å². The standard InChI is InChI=1S/C21H26N6OS/c1-22-21(24-11-5-10-23-20(28)19-9-4-14-29-19)25-15-17-7-2-3-8-18(17)16-27-13-6-12-26-27/h2-4,6-9,12-14H,5,10-11,15-16H2,1H3,(H,23,28)(H2,22,24,25). The van der Waals surface area contributed by atoms with E-state index in [4.69, 9.17) is 0 Å². The summed E-state index contributed by atoms with van der Waals surface area (Å²) >= 11 is 1.45. The number of rotatable bonds is 9. The lowest BCUT2D eigenvalue weighted by Crippen LogP contribution is -2.38. The number of hydrogen-bond donors (Lipinski definition) is 3. The molecule has 0 aliphatic carbocycles. The van der Waals surface area contributed by atoms with Gasteiger partial charge in [-0.15, -0.1) is 11.3 Å². The number of guanidine groups is 1. The van der Waals surface area contributed by atoms with Crippen molar-refractivity contribution in [2.45, 2.75) is 19.5 Å². The Morgan fingerprint density at radius 2 is 1.90 bits per heavy atom. The van der Waals surface area contributed by atoms with Crippen molar-refractivity contribution in [3.05, 3.63) is 76.2 Å². The van der Waals surface area contributed by atoms with Gasteiger partial charge in [-0.25, -0.2) is 0 Å². The van der Waals surface area contributed by atoms with Gasteiger partial charge in [-0.3, -0.25) is 14.5 Å². The highest BCUT2D eigenvalue weighted by Crippen LogP contribution is 2.10. The van der Waals surface area contributed by atoms with E-state index in [1.165, 1.54) is 22.5 Å². The van der Waals surface area contributed by atoms with E-state index in [9.17, 15) is 4.79 Å². The number of hydrogen-bond acceptors (Lipinski definition) is 4. The molecule has 0 unspecified atom stereocenters. The van der Waals surface area contributed by atoms with E-state index in [0.717, 1.165) is 30.3 Å². The van der Waals surface area contributed by atoms with Crippen LogP contribution in [0.1, 0.15) is 27.2 Å². The van der Waals surface area contributed by atoms with Gasteiger partial charge >= 0.3 is 0 Å². The minimum Gasteiger partial charge on any atom is -0.356 e. The fraction of sp³-hybridized carbons (Fsp3) is 0.286. The molecule has 0 radical (unpaired) electrons. The van der Waals surface area contributed by atoms with Gasteiger partial charge in [0.15, 0.2) is 5.96 Å². The fourth-order valence-electron chi connectivity index (χ4n) is 2.84. The predicted molar refractivity (Wildman–Crippen MR) is 117 cm³/mol. The van der Waals surface area contributed by atoms with Crippen LogP contribution < -0.4 is 16.0 Å². The maximum absolute atomic E-state index is 11.9. The van der Waals surface area contributed by atoms with Crippen molar-refractivity contribution in [2.24, 2.45) is 4.99 Å². The summed E-state index contributed by atoms with van der Waals surface area (Å²) < 4.78 is 1.91. The molecule has 0 saturated carbocycles. The molecule has 0 spiro atoms. The third kappa shape index (κ3) is 6.46. The summed E-state index contributed by atoms with van der Waals surface area (Å²) in [5, 5.41) is 15.7. The van der Waals surface area contributed by atoms with Crippen LogP contribution in [0.4, 0.5) is 0 Å². The van der Waals surface area contributed by atoms with Crippen LogP contribution in [0.25, 0.3) is 0 Å². The van der Waals surface area contributed by atoms with Crippen LogP contribution in [-0.4, -0.2) is 41.8 Å². The quantitative estimate of drug-likeness (QED) is 0.288. The largest absolute Gasteiger partial charge is 0.356 e. The first-order valence-electron chi connectivity index (χ1n) is 9.56. The Bertz CT molecular complexity index is 905. The molecule has 7 nitrogen and oxygen atoms in total. The average Bonchev–Trinajstić information content (AvgIpc) is 3.45. The highest BCUT2D eigenvalue weighted by molar-refractivity contribution is 7.12. The van der Waals surface area contributed by atoms with Crippen molar-refractivity contribution in [3.8, 4) is 0 Å². The summed E-state index contributed by atoms with van der Waals surface area (Å²) in [6.45, 7) is 2.75. The Hall–Kier alpha value is -3.13. The Labute approximate surface area is 174 Å². The number of nitrogens with zero attached hydrogens (tertiary/aromatic N) is 3. The second kappa shape index (κ2) is 11.0. The molecule has 3 N–H and O–H groups in total. The minimum atomic E-state index is -0.0173. The second-order valence-electron chi connectivity index (χ2n) is 6.41. The molecule has 3 aromatic rings. The Kier molecular flexibility index (Phi) is 7.82. The van der Waals surface area contributed by atoms with Gasteiger partial charge in [0.05, 0.1) is 11.4 Å². The summed E-state index contributed by atoms with van der Waals surface area (Å²) in [6.07, 6.45) is 4.56. The molecule has 3 rings (SSSR count). The van der Waals surface area contributed by atoms with Crippen LogP contribution in [0.5, 0.6) is 0 Å². The van der Waals surface area contributed by atoms with Gasteiger partial charge in [0.2, 0.25) is 0 Å². The molecule has 0 atom stereocenters. The van der Waals surface area contributed by atoms with E-state index >= 15 is 0 Å². The summed E-state index contributed by atoms with van der Waals surface area (Å²) in [5.74, 6) is 0.722. The van der Waals surface area contributed by atoms with Crippen molar-refractivity contribution in [3.63, 3.8) is 0 Å². The number of thiophene rings is 1. The third-order valence-electron chi connectivity index (χ3n) is 4.36. The first-order valence-corrected chi connectivity index (χ1v) is 10.4. The molecule has 0 bridgehead atoms. The maximum Gasteiger partial charge on any atom is 0.261 e. The predicted octanol–water partition coefficient (Wildman–Crippen LogP) is 2.48. The zero-order valence-electron chi connectivity index (χ0n) is 16.5. The summed E-state index contributed by atoms with van der Waals surface area (Å²) in [6, 6.07) is 13.9. The highest BCUT2D eigenvalue weighted by atomic mass is 32.1. The van der Waals surface area contributed by atoms with Crippen LogP contribution in [0.3, 0.4) is 0 Å². The Morgan fingerprint density at radius 3 is 2.62 bits per heavy atom. The Balaban J connectivity index is 1.40. The fourth-order valence-corrected chi connectivity index (χ4v) is 3.48. The van der Waals surface area contributed by atoms with Gasteiger partial charge in [-0.1, -0.05) is 30.3 Å². The zero-order valence-corrected chi connectivity index (χ0v) is 17.3. The molecule has 29 heavy (non-hydrogen) atoms. The number of benzene rings is 1. The van der Waals surface area contributed by atoms with E-state index in [2.05, 4.69) is 38.2 Å². The smallest absolute Gasteiger partial charge is 0.261 e. The number of aromatic nitrogens is 2. The van der Waals surface area contributed by atoms with E-state index in [1.54, 1.807) is 13.2 Å². The van der Waals surface area contributed by atoms with Crippen molar-refractivity contribution in [1.29, 1.82) is 0 Å². The number of carbonyl (C=O) groups excluding carboxylic acids is 1. The first-order chi connectivity index (χ1) is 14.3. The second-order valence-corrected chi connectivity index (χ2v) is 7.36. The van der Waals surface area contributed by atoms with Gasteiger partial charge in [0.1, 0.15) is 0 Å². The molecule has 8 heteroatoms. The SMILES string of the molecule is CN=C(NCCCNC(=O)c1cccs1)NCc1ccccc1Cn1cccn1. The average molecular weight is 411 g/mol. The van der Waals surface area contributed by atoms with Gasteiger partial charge in [0, 0.05) is 39.1 Å². The van der Waals surface area contributed by atoms with Crippen molar-refractivity contribution in [2.75, 3.05) is 20.1 Å². The lowest BCUT2D eigenvalue weighted by Gasteiger charge is -2.14. The summed E-state index contributed by atoms with van der Waals surface area (Å²) in [5.41, 5.74) is 2.42. The van der Waals surface area contributed by atoms with Crippen LogP contribution in [0.15, 0.2) is 65.2 Å². The summed E-state index contributed by atoms with van der Waals surface area (Å²) in [4.78, 5) is 16.9. The van der Waals surface area contributed by atoms with Crippen LogP contribution in [0.2, 0.25) is 0 Å². The minimum absolute atomic E-state index is 0.0173. The summed E-state index contributed by atoms with van der Waals surface area (Å²) in [7, 11) is 1.75. The molecule has 0 aliphatic heterocycles. The number of amides is 1. The first kappa shape index (κ1) is 20.6. The van der Waals surface area contributed by atoms with E-state index < -0.39 is 0 Å². The lowest BCUT2D eigenvalue weighted by molar-refractivity contribution is 0.0957. The van der Waals surface area contributed by atoms with Crippen LogP contribution in [0, 0.1) is 0 Å². The molecule has 2 heterocycles. The topological polar surface area (TPSA) is 83.3 Å². The Morgan fingerprint density at radius 1 is 1.07 bits per heavy atom. The molecule has 1 aromatic carbocycles. The van der Waals surface area contributed by atoms with Crippen LogP contribution in [-0.2, 0) is 13.1 Å². The number of nitrogens with one attached hydrogen (secondary N) is 3. The third-order valence-corrected chi connectivity index (χ3v) is 5.22. The molecule has 0 aliphatic rings. The molecular weight excluding hydrogens is 384 g/mol. The van der Waals surface area contributed by atoms with Crippen molar-refractivity contribution < 1.29 is 4.79 Å². The van der Waals surface area contributed by atoms with E-state index in [1.807, 2.05) is 46.6 Å². The molecule has 152 valence electrons. The maximum atomic E-state index is 11.9. The molecular formula is C21H26N6OS. The van der Waals surface area contributed by atoms with Crippen LogP contribution >= 0.6 is 11.3 Å². The van der Waals surface area contributed by atoms with Gasteiger partial charge in [0.25, 0.3) is 5.91 Å². The van der Waals surface area contributed by atoms with E-state index in [-0.39, 0.29) is 5.91 Å². The van der Waals surface area contributed by atoms with Crippen molar-refractivity contribution >= 4 is 23.2 Å². The molecule has 1 amide bonds. The monoisotopic (exact) mass is 410 g/mol. The zero-order chi connectivity index (χ0) is 20.3. The number of carbonyl (C=O) groups is 1. The van der Waals surface area contributed by atoms with E-state index in [0.29, 0.717) is 13.1 Å². The lowest BCUT2D eigenvalue weighted by atomic mass is 10.1. The normalized spacial score (nSPS) is 11.3.